The molecule has 0 amide bonds. The third kappa shape index (κ3) is 2.71. The van der Waals surface area contributed by atoms with Gasteiger partial charge in [0.15, 0.2) is 0 Å². The van der Waals surface area contributed by atoms with Crippen LogP contribution in [0.5, 0.6) is 5.75 Å². The number of nitrogens with zero attached hydrogens (tertiary/aromatic N) is 1. The molecule has 0 aliphatic carbocycles. The lowest BCUT2D eigenvalue weighted by atomic mass is 9.95. The number of methoxy groups -OCH3 is 1. The van der Waals surface area contributed by atoms with E-state index in [1.165, 1.54) is 19.3 Å². The van der Waals surface area contributed by atoms with Crippen LogP contribution in [-0.4, -0.2) is 42.9 Å². The molecule has 4 rings (SSSR count). The van der Waals surface area contributed by atoms with E-state index in [2.05, 4.69) is 4.90 Å². The molecule has 4 heteroatoms. The van der Waals surface area contributed by atoms with E-state index in [1.54, 1.807) is 7.11 Å². The van der Waals surface area contributed by atoms with Crippen molar-refractivity contribution >= 4 is 10.8 Å². The molecule has 2 unspecified atom stereocenters. The number of piperidine rings is 1. The van der Waals surface area contributed by atoms with Crippen molar-refractivity contribution in [1.29, 1.82) is 0 Å². The van der Waals surface area contributed by atoms with Crippen molar-refractivity contribution < 1.29 is 14.6 Å². The lowest BCUT2D eigenvalue weighted by molar-refractivity contribution is -0.264. The van der Waals surface area contributed by atoms with Crippen LogP contribution in [0.1, 0.15) is 24.8 Å². The van der Waals surface area contributed by atoms with Crippen LogP contribution >= 0.6 is 0 Å². The van der Waals surface area contributed by atoms with Crippen LogP contribution in [0, 0.1) is 0 Å². The summed E-state index contributed by atoms with van der Waals surface area (Å²) in [6, 6.07) is 12.5. The summed E-state index contributed by atoms with van der Waals surface area (Å²) in [5, 5.41) is 13.2. The monoisotopic (exact) mass is 313 g/mol. The van der Waals surface area contributed by atoms with E-state index in [4.69, 9.17) is 9.47 Å². The summed E-state index contributed by atoms with van der Waals surface area (Å²) in [4.78, 5) is 2.38. The third-order valence-electron chi connectivity index (χ3n) is 5.18. The zero-order valence-corrected chi connectivity index (χ0v) is 13.5. The minimum absolute atomic E-state index is 0.466. The predicted molar refractivity (Wildman–Crippen MR) is 89.6 cm³/mol. The largest absolute Gasteiger partial charge is 0.497 e. The summed E-state index contributed by atoms with van der Waals surface area (Å²) >= 11 is 0. The van der Waals surface area contributed by atoms with Gasteiger partial charge >= 0.3 is 0 Å². The van der Waals surface area contributed by atoms with E-state index >= 15 is 0 Å². The SMILES string of the molecule is COc1ccc2cc(C3(O)CN4CCCCC4CO3)ccc2c1. The Bertz CT molecular complexity index is 717. The zero-order valence-electron chi connectivity index (χ0n) is 13.5. The first-order chi connectivity index (χ1) is 11.2. The van der Waals surface area contributed by atoms with Gasteiger partial charge in [-0.2, -0.15) is 0 Å². The molecule has 0 saturated carbocycles. The standard InChI is InChI=1S/C19H23NO3/c1-22-18-8-6-14-10-16(7-5-15(14)11-18)19(21)13-20-9-3-2-4-17(20)12-23-19/h5-8,10-11,17,21H,2-4,9,12-13H2,1H3. The van der Waals surface area contributed by atoms with Gasteiger partial charge in [0.05, 0.1) is 20.3 Å². The Balaban J connectivity index is 1.65. The van der Waals surface area contributed by atoms with Crippen LogP contribution in [0.3, 0.4) is 0 Å². The first-order valence-corrected chi connectivity index (χ1v) is 8.37. The summed E-state index contributed by atoms with van der Waals surface area (Å²) in [6.45, 7) is 2.22. The maximum Gasteiger partial charge on any atom is 0.205 e. The van der Waals surface area contributed by atoms with Gasteiger partial charge in [-0.25, -0.2) is 0 Å². The first-order valence-electron chi connectivity index (χ1n) is 8.37. The molecule has 4 nitrogen and oxygen atoms in total. The maximum atomic E-state index is 11.1. The highest BCUT2D eigenvalue weighted by Crippen LogP contribution is 2.34. The Morgan fingerprint density at radius 3 is 2.87 bits per heavy atom. The van der Waals surface area contributed by atoms with Crippen LogP contribution in [0.25, 0.3) is 10.8 Å². The van der Waals surface area contributed by atoms with Gasteiger partial charge < -0.3 is 14.6 Å². The minimum Gasteiger partial charge on any atom is -0.497 e. The second-order valence-corrected chi connectivity index (χ2v) is 6.64. The molecular weight excluding hydrogens is 290 g/mol. The summed E-state index contributed by atoms with van der Waals surface area (Å²) < 4.78 is 11.2. The van der Waals surface area contributed by atoms with Crippen molar-refractivity contribution in [3.8, 4) is 5.75 Å². The highest BCUT2D eigenvalue weighted by Gasteiger charge is 2.41. The number of ether oxygens (including phenoxy) is 2. The Labute approximate surface area is 136 Å². The quantitative estimate of drug-likeness (QED) is 0.926. The Kier molecular flexibility index (Phi) is 3.76. The number of hydrogen-bond donors (Lipinski definition) is 1. The van der Waals surface area contributed by atoms with Gasteiger partial charge in [0.2, 0.25) is 5.79 Å². The van der Waals surface area contributed by atoms with Crippen molar-refractivity contribution in [2.75, 3.05) is 26.8 Å². The second-order valence-electron chi connectivity index (χ2n) is 6.64. The van der Waals surface area contributed by atoms with Gasteiger partial charge in [-0.1, -0.05) is 24.6 Å². The van der Waals surface area contributed by atoms with Crippen LogP contribution in [0.4, 0.5) is 0 Å². The molecule has 2 aromatic carbocycles. The van der Waals surface area contributed by atoms with Gasteiger partial charge in [-0.15, -0.1) is 0 Å². The number of benzene rings is 2. The Morgan fingerprint density at radius 1 is 1.17 bits per heavy atom. The fraction of sp³-hybridized carbons (Fsp3) is 0.474. The molecule has 1 N–H and O–H groups in total. The number of rotatable bonds is 2. The van der Waals surface area contributed by atoms with E-state index in [0.717, 1.165) is 28.6 Å². The van der Waals surface area contributed by atoms with E-state index in [0.29, 0.717) is 19.2 Å². The van der Waals surface area contributed by atoms with E-state index in [1.807, 2.05) is 36.4 Å². The highest BCUT2D eigenvalue weighted by atomic mass is 16.6. The van der Waals surface area contributed by atoms with Crippen molar-refractivity contribution in [2.45, 2.75) is 31.1 Å². The third-order valence-corrected chi connectivity index (χ3v) is 5.18. The average Bonchev–Trinajstić information content (AvgIpc) is 2.60. The molecule has 2 atom stereocenters. The maximum absolute atomic E-state index is 11.1. The predicted octanol–water partition coefficient (Wildman–Crippen LogP) is 2.88. The summed E-state index contributed by atoms with van der Waals surface area (Å²) in [5.41, 5.74) is 0.833. The molecule has 2 aliphatic rings. The minimum atomic E-state index is -1.21. The molecule has 0 radical (unpaired) electrons. The summed E-state index contributed by atoms with van der Waals surface area (Å²) in [7, 11) is 1.67. The molecule has 2 saturated heterocycles. The van der Waals surface area contributed by atoms with Crippen LogP contribution in [0.15, 0.2) is 36.4 Å². The smallest absolute Gasteiger partial charge is 0.205 e. The van der Waals surface area contributed by atoms with Crippen LogP contribution in [-0.2, 0) is 10.5 Å². The van der Waals surface area contributed by atoms with E-state index in [9.17, 15) is 5.11 Å². The first kappa shape index (κ1) is 14.9. The van der Waals surface area contributed by atoms with Gasteiger partial charge in [-0.3, -0.25) is 4.90 Å². The molecule has 2 aromatic rings. The van der Waals surface area contributed by atoms with Crippen molar-refractivity contribution in [1.82, 2.24) is 4.90 Å². The summed E-state index contributed by atoms with van der Waals surface area (Å²) in [5.74, 6) is -0.365. The molecule has 0 aromatic heterocycles. The lowest BCUT2D eigenvalue weighted by Crippen LogP contribution is -2.56. The number of morpholine rings is 1. The second kappa shape index (κ2) is 5.78. The van der Waals surface area contributed by atoms with Crippen LogP contribution < -0.4 is 4.74 Å². The van der Waals surface area contributed by atoms with E-state index in [-0.39, 0.29) is 0 Å². The molecule has 2 aliphatic heterocycles. The van der Waals surface area contributed by atoms with Gasteiger partial charge in [0.1, 0.15) is 5.75 Å². The van der Waals surface area contributed by atoms with Gasteiger partial charge in [0, 0.05) is 11.6 Å². The lowest BCUT2D eigenvalue weighted by Gasteiger charge is -2.46. The van der Waals surface area contributed by atoms with E-state index < -0.39 is 5.79 Å². The normalized spacial score (nSPS) is 28.5. The Morgan fingerprint density at radius 2 is 2.00 bits per heavy atom. The number of fused-ring (bicyclic) bond motifs is 2. The zero-order chi connectivity index (χ0) is 15.9. The fourth-order valence-electron chi connectivity index (χ4n) is 3.78. The molecule has 2 heterocycles. The molecule has 0 spiro atoms. The fourth-order valence-corrected chi connectivity index (χ4v) is 3.78. The number of hydrogen-bond acceptors (Lipinski definition) is 4. The Hall–Kier alpha value is -1.62. The van der Waals surface area contributed by atoms with Crippen molar-refractivity contribution in [3.05, 3.63) is 42.0 Å². The van der Waals surface area contributed by atoms with Crippen LogP contribution in [0.2, 0.25) is 0 Å². The molecular formula is C19H23NO3. The van der Waals surface area contributed by atoms with Gasteiger partial charge in [0.25, 0.3) is 0 Å². The molecule has 2 fully saturated rings. The highest BCUT2D eigenvalue weighted by molar-refractivity contribution is 5.84. The average molecular weight is 313 g/mol. The molecule has 23 heavy (non-hydrogen) atoms. The molecule has 122 valence electrons. The number of aliphatic hydroxyl groups is 1. The van der Waals surface area contributed by atoms with Crippen molar-refractivity contribution in [3.63, 3.8) is 0 Å². The van der Waals surface area contributed by atoms with Gasteiger partial charge in [-0.05, 0) is 48.4 Å². The summed E-state index contributed by atoms with van der Waals surface area (Å²) in [6.07, 6.45) is 3.65. The topological polar surface area (TPSA) is 41.9 Å². The van der Waals surface area contributed by atoms with Crippen molar-refractivity contribution in [2.24, 2.45) is 0 Å². The molecule has 0 bridgehead atoms.